The second-order valence-electron chi connectivity index (χ2n) is 5.40. The fraction of sp³-hybridized carbons (Fsp3) is 0.278. The Kier molecular flexibility index (Phi) is 5.42. The van der Waals surface area contributed by atoms with Crippen LogP contribution in [0.4, 0.5) is 5.69 Å². The summed E-state index contributed by atoms with van der Waals surface area (Å²) >= 11 is 0. The maximum atomic E-state index is 12.1. The van der Waals surface area contributed by atoms with Crippen LogP contribution in [0.25, 0.3) is 0 Å². The number of anilines is 1. The smallest absolute Gasteiger partial charge is 0.226 e. The maximum Gasteiger partial charge on any atom is 0.226 e. The zero-order valence-electron chi connectivity index (χ0n) is 13.1. The van der Waals surface area contributed by atoms with Crippen molar-refractivity contribution in [2.24, 2.45) is 0 Å². The molecule has 0 atom stereocenters. The van der Waals surface area contributed by atoms with E-state index in [2.05, 4.69) is 0 Å². The first kappa shape index (κ1) is 15.9. The second kappa shape index (κ2) is 7.50. The third-order valence-corrected chi connectivity index (χ3v) is 3.48. The standard InChI is InChI=1S/C18H22N2O2/c1-14-3-9-17(10-4-14)22-12-11-20(2)18(21)13-15-5-7-16(19)8-6-15/h3-10H,11-13,19H2,1-2H3. The van der Waals surface area contributed by atoms with E-state index >= 15 is 0 Å². The molecule has 0 saturated heterocycles. The highest BCUT2D eigenvalue weighted by Gasteiger charge is 2.09. The van der Waals surface area contributed by atoms with E-state index in [1.807, 2.05) is 55.5 Å². The van der Waals surface area contributed by atoms with E-state index in [9.17, 15) is 4.79 Å². The molecule has 0 heterocycles. The van der Waals surface area contributed by atoms with Crippen molar-refractivity contribution in [3.8, 4) is 5.75 Å². The van der Waals surface area contributed by atoms with Crippen LogP contribution in [0, 0.1) is 6.92 Å². The Balaban J connectivity index is 1.76. The monoisotopic (exact) mass is 298 g/mol. The Morgan fingerprint density at radius 3 is 2.36 bits per heavy atom. The van der Waals surface area contributed by atoms with Crippen LogP contribution < -0.4 is 10.5 Å². The zero-order chi connectivity index (χ0) is 15.9. The summed E-state index contributed by atoms with van der Waals surface area (Å²) < 4.78 is 5.64. The minimum atomic E-state index is 0.0669. The zero-order valence-corrected chi connectivity index (χ0v) is 13.1. The van der Waals surface area contributed by atoms with E-state index < -0.39 is 0 Å². The molecule has 1 amide bonds. The lowest BCUT2D eigenvalue weighted by atomic mass is 10.1. The van der Waals surface area contributed by atoms with E-state index in [4.69, 9.17) is 10.5 Å². The minimum Gasteiger partial charge on any atom is -0.492 e. The predicted octanol–water partition coefficient (Wildman–Crippen LogP) is 2.66. The summed E-state index contributed by atoms with van der Waals surface area (Å²) in [4.78, 5) is 13.8. The van der Waals surface area contributed by atoms with Crippen molar-refractivity contribution in [2.45, 2.75) is 13.3 Å². The van der Waals surface area contributed by atoms with Gasteiger partial charge in [0, 0.05) is 12.7 Å². The van der Waals surface area contributed by atoms with Crippen LogP contribution in [0.1, 0.15) is 11.1 Å². The summed E-state index contributed by atoms with van der Waals surface area (Å²) in [5.74, 6) is 0.891. The number of likely N-dealkylation sites (N-methyl/N-ethyl adjacent to an activating group) is 1. The van der Waals surface area contributed by atoms with Gasteiger partial charge in [0.05, 0.1) is 13.0 Å². The van der Waals surface area contributed by atoms with Crippen molar-refractivity contribution in [2.75, 3.05) is 25.9 Å². The molecule has 0 aliphatic heterocycles. The fourth-order valence-electron chi connectivity index (χ4n) is 2.00. The number of nitrogens with zero attached hydrogens (tertiary/aromatic N) is 1. The van der Waals surface area contributed by atoms with E-state index in [1.165, 1.54) is 5.56 Å². The number of hydrogen-bond donors (Lipinski definition) is 1. The summed E-state index contributed by atoms with van der Waals surface area (Å²) in [6.45, 7) is 3.07. The number of nitrogen functional groups attached to an aromatic ring is 1. The summed E-state index contributed by atoms with van der Waals surface area (Å²) in [5, 5.41) is 0. The van der Waals surface area contributed by atoms with Gasteiger partial charge in [0.25, 0.3) is 0 Å². The van der Waals surface area contributed by atoms with Crippen LogP contribution >= 0.6 is 0 Å². The van der Waals surface area contributed by atoms with Crippen LogP contribution in [0.3, 0.4) is 0 Å². The molecule has 0 saturated carbocycles. The third-order valence-electron chi connectivity index (χ3n) is 3.48. The van der Waals surface area contributed by atoms with Crippen LogP contribution in [0.15, 0.2) is 48.5 Å². The van der Waals surface area contributed by atoms with Crippen molar-refractivity contribution in [1.29, 1.82) is 0 Å². The molecule has 0 aliphatic rings. The second-order valence-corrected chi connectivity index (χ2v) is 5.40. The van der Waals surface area contributed by atoms with Gasteiger partial charge in [-0.25, -0.2) is 0 Å². The minimum absolute atomic E-state index is 0.0669. The average Bonchev–Trinajstić information content (AvgIpc) is 2.51. The molecular weight excluding hydrogens is 276 g/mol. The SMILES string of the molecule is Cc1ccc(OCCN(C)C(=O)Cc2ccc(N)cc2)cc1. The first-order valence-corrected chi connectivity index (χ1v) is 7.32. The van der Waals surface area contributed by atoms with E-state index in [-0.39, 0.29) is 5.91 Å². The fourth-order valence-corrected chi connectivity index (χ4v) is 2.00. The summed E-state index contributed by atoms with van der Waals surface area (Å²) in [7, 11) is 1.79. The molecule has 0 aliphatic carbocycles. The molecule has 2 N–H and O–H groups in total. The summed E-state index contributed by atoms with van der Waals surface area (Å²) in [6.07, 6.45) is 0.376. The highest BCUT2D eigenvalue weighted by molar-refractivity contribution is 5.78. The number of amides is 1. The molecule has 0 fully saturated rings. The summed E-state index contributed by atoms with van der Waals surface area (Å²) in [5.41, 5.74) is 8.50. The topological polar surface area (TPSA) is 55.6 Å². The van der Waals surface area contributed by atoms with E-state index in [1.54, 1.807) is 11.9 Å². The maximum absolute atomic E-state index is 12.1. The Bertz CT molecular complexity index is 606. The molecule has 22 heavy (non-hydrogen) atoms. The Labute approximate surface area is 131 Å². The van der Waals surface area contributed by atoms with Gasteiger partial charge >= 0.3 is 0 Å². The molecule has 2 aromatic carbocycles. The molecule has 0 bridgehead atoms. The molecule has 2 rings (SSSR count). The normalized spacial score (nSPS) is 10.3. The van der Waals surface area contributed by atoms with Crippen molar-refractivity contribution in [3.63, 3.8) is 0 Å². The van der Waals surface area contributed by atoms with Crippen molar-refractivity contribution >= 4 is 11.6 Å². The number of ether oxygens (including phenoxy) is 1. The summed E-state index contributed by atoms with van der Waals surface area (Å²) in [6, 6.07) is 15.3. The molecule has 0 spiro atoms. The third kappa shape index (κ3) is 4.81. The number of aryl methyl sites for hydroxylation is 1. The number of carbonyl (C=O) groups is 1. The van der Waals surface area contributed by atoms with Crippen LogP contribution in [0.5, 0.6) is 5.75 Å². The Morgan fingerprint density at radius 1 is 1.09 bits per heavy atom. The van der Waals surface area contributed by atoms with E-state index in [0.29, 0.717) is 25.3 Å². The Hall–Kier alpha value is -2.49. The number of hydrogen-bond acceptors (Lipinski definition) is 3. The van der Waals surface area contributed by atoms with Gasteiger partial charge in [0.2, 0.25) is 5.91 Å². The van der Waals surface area contributed by atoms with Crippen LogP contribution in [-0.2, 0) is 11.2 Å². The van der Waals surface area contributed by atoms with Crippen molar-refractivity contribution in [3.05, 3.63) is 59.7 Å². The molecule has 116 valence electrons. The molecular formula is C18H22N2O2. The van der Waals surface area contributed by atoms with Crippen molar-refractivity contribution in [1.82, 2.24) is 4.90 Å². The molecule has 4 nitrogen and oxygen atoms in total. The van der Waals surface area contributed by atoms with Gasteiger partial charge in [-0.1, -0.05) is 29.8 Å². The molecule has 0 aromatic heterocycles. The highest BCUT2D eigenvalue weighted by Crippen LogP contribution is 2.11. The molecule has 0 radical (unpaired) electrons. The van der Waals surface area contributed by atoms with Gasteiger partial charge in [-0.3, -0.25) is 4.79 Å². The Morgan fingerprint density at radius 2 is 1.73 bits per heavy atom. The van der Waals surface area contributed by atoms with Gasteiger partial charge < -0.3 is 15.4 Å². The average molecular weight is 298 g/mol. The highest BCUT2D eigenvalue weighted by atomic mass is 16.5. The van der Waals surface area contributed by atoms with Gasteiger partial charge in [0.1, 0.15) is 12.4 Å². The quantitative estimate of drug-likeness (QED) is 0.834. The lowest BCUT2D eigenvalue weighted by Crippen LogP contribution is -2.32. The molecule has 0 unspecified atom stereocenters. The van der Waals surface area contributed by atoms with E-state index in [0.717, 1.165) is 11.3 Å². The predicted molar refractivity (Wildman–Crippen MR) is 88.9 cm³/mol. The number of benzene rings is 2. The van der Waals surface area contributed by atoms with Gasteiger partial charge in [-0.05, 0) is 36.8 Å². The first-order chi connectivity index (χ1) is 10.5. The van der Waals surface area contributed by atoms with Gasteiger partial charge in [-0.2, -0.15) is 0 Å². The molecule has 4 heteroatoms. The van der Waals surface area contributed by atoms with Gasteiger partial charge in [-0.15, -0.1) is 0 Å². The first-order valence-electron chi connectivity index (χ1n) is 7.32. The van der Waals surface area contributed by atoms with Gasteiger partial charge in [0.15, 0.2) is 0 Å². The number of rotatable bonds is 6. The van der Waals surface area contributed by atoms with Crippen LogP contribution in [-0.4, -0.2) is 31.0 Å². The van der Waals surface area contributed by atoms with Crippen molar-refractivity contribution < 1.29 is 9.53 Å². The number of carbonyl (C=O) groups excluding carboxylic acids is 1. The lowest BCUT2D eigenvalue weighted by Gasteiger charge is -2.17. The van der Waals surface area contributed by atoms with Crippen LogP contribution in [0.2, 0.25) is 0 Å². The lowest BCUT2D eigenvalue weighted by molar-refractivity contribution is -0.129. The largest absolute Gasteiger partial charge is 0.492 e. The number of nitrogens with two attached hydrogens (primary N) is 1. The molecule has 2 aromatic rings.